The highest BCUT2D eigenvalue weighted by Gasteiger charge is 2.34. The molecule has 1 aromatic carbocycles. The van der Waals surface area contributed by atoms with Crippen molar-refractivity contribution in [1.29, 1.82) is 0 Å². The molecule has 2 heterocycles. The minimum atomic E-state index is -0.644. The summed E-state index contributed by atoms with van der Waals surface area (Å²) in [5, 5.41) is 5.37. The van der Waals surface area contributed by atoms with E-state index < -0.39 is 6.10 Å². The molecule has 0 aliphatic carbocycles. The Bertz CT molecular complexity index is 746. The zero-order chi connectivity index (χ0) is 20.8. The predicted molar refractivity (Wildman–Crippen MR) is 105 cm³/mol. The predicted octanol–water partition coefficient (Wildman–Crippen LogP) is -1.81. The first-order valence-electron chi connectivity index (χ1n) is 9.99. The van der Waals surface area contributed by atoms with E-state index in [4.69, 9.17) is 9.47 Å². The number of quaternary nitrogens is 1. The maximum Gasteiger partial charge on any atom is 0.275 e. The Labute approximate surface area is 170 Å². The summed E-state index contributed by atoms with van der Waals surface area (Å²) in [5.74, 6) is 0.779. The standard InChI is InChI=1S/C20H28N4O5/c1-14(2)22-18(25)11-21-19(26)12-23-7-9-24(10-8-23)20(27)17-13-28-15-5-3-4-6-16(15)29-17/h3-6,14,17H,7-13H2,1-2H3,(H,21,26)(H,22,25)/p+1/t17-/m0/s1. The molecule has 9 nitrogen and oxygen atoms in total. The van der Waals surface area contributed by atoms with E-state index in [0.29, 0.717) is 37.7 Å². The maximum absolute atomic E-state index is 12.7. The molecule has 0 radical (unpaired) electrons. The summed E-state index contributed by atoms with van der Waals surface area (Å²) < 4.78 is 11.4. The van der Waals surface area contributed by atoms with Crippen molar-refractivity contribution in [2.75, 3.05) is 45.9 Å². The topological polar surface area (TPSA) is 101 Å². The van der Waals surface area contributed by atoms with Crippen LogP contribution in [0.4, 0.5) is 0 Å². The molecule has 3 N–H and O–H groups in total. The fourth-order valence-electron chi connectivity index (χ4n) is 3.41. The van der Waals surface area contributed by atoms with Gasteiger partial charge in [-0.1, -0.05) is 12.1 Å². The van der Waals surface area contributed by atoms with Crippen LogP contribution in [0.25, 0.3) is 0 Å². The lowest BCUT2D eigenvalue weighted by Crippen LogP contribution is -3.16. The largest absolute Gasteiger partial charge is 0.485 e. The van der Waals surface area contributed by atoms with Gasteiger partial charge in [0, 0.05) is 6.04 Å². The van der Waals surface area contributed by atoms with Crippen molar-refractivity contribution in [3.63, 3.8) is 0 Å². The lowest BCUT2D eigenvalue weighted by atomic mass is 10.2. The van der Waals surface area contributed by atoms with Crippen molar-refractivity contribution < 1.29 is 28.8 Å². The second-order valence-electron chi connectivity index (χ2n) is 7.62. The molecular formula is C20H29N4O5+. The number of carbonyl (C=O) groups excluding carboxylic acids is 3. The Kier molecular flexibility index (Phi) is 6.92. The highest BCUT2D eigenvalue weighted by atomic mass is 16.6. The van der Waals surface area contributed by atoms with Gasteiger partial charge in [-0.05, 0) is 26.0 Å². The van der Waals surface area contributed by atoms with Gasteiger partial charge in [0.15, 0.2) is 18.0 Å². The number of fused-ring (bicyclic) bond motifs is 1. The van der Waals surface area contributed by atoms with E-state index in [1.165, 1.54) is 0 Å². The average Bonchev–Trinajstić information content (AvgIpc) is 2.71. The third kappa shape index (κ3) is 5.83. The molecule has 0 aromatic heterocycles. The van der Waals surface area contributed by atoms with Crippen molar-refractivity contribution in [2.45, 2.75) is 26.0 Å². The van der Waals surface area contributed by atoms with Crippen molar-refractivity contribution in [3.05, 3.63) is 24.3 Å². The number of nitrogens with one attached hydrogen (secondary N) is 3. The van der Waals surface area contributed by atoms with E-state index in [2.05, 4.69) is 10.6 Å². The van der Waals surface area contributed by atoms with Crippen LogP contribution in [-0.4, -0.2) is 80.6 Å². The molecule has 0 saturated carbocycles. The van der Waals surface area contributed by atoms with Crippen LogP contribution in [0.5, 0.6) is 11.5 Å². The van der Waals surface area contributed by atoms with Gasteiger partial charge in [0.2, 0.25) is 12.0 Å². The quantitative estimate of drug-likeness (QED) is 0.518. The zero-order valence-electron chi connectivity index (χ0n) is 16.9. The van der Waals surface area contributed by atoms with Gasteiger partial charge < -0.3 is 29.9 Å². The molecule has 9 heteroatoms. The summed E-state index contributed by atoms with van der Waals surface area (Å²) in [6, 6.07) is 7.35. The summed E-state index contributed by atoms with van der Waals surface area (Å²) in [6.45, 7) is 6.64. The molecule has 29 heavy (non-hydrogen) atoms. The van der Waals surface area contributed by atoms with Crippen LogP contribution in [0.2, 0.25) is 0 Å². The van der Waals surface area contributed by atoms with E-state index in [1.807, 2.05) is 32.0 Å². The number of amides is 3. The van der Waals surface area contributed by atoms with Crippen molar-refractivity contribution in [3.8, 4) is 11.5 Å². The molecule has 2 aliphatic rings. The molecular weight excluding hydrogens is 376 g/mol. The highest BCUT2D eigenvalue weighted by Crippen LogP contribution is 2.31. The molecule has 1 atom stereocenters. The molecule has 0 unspecified atom stereocenters. The summed E-state index contributed by atoms with van der Waals surface area (Å²) in [5.41, 5.74) is 0. The fraction of sp³-hybridized carbons (Fsp3) is 0.550. The van der Waals surface area contributed by atoms with Gasteiger partial charge in [-0.3, -0.25) is 14.4 Å². The SMILES string of the molecule is CC(C)NC(=O)CNC(=O)C[NH+]1CCN(C(=O)[C@@H]2COc3ccccc3O2)CC1. The van der Waals surface area contributed by atoms with E-state index in [9.17, 15) is 14.4 Å². The number of rotatable bonds is 6. The van der Waals surface area contributed by atoms with Gasteiger partial charge in [0.1, 0.15) is 6.61 Å². The molecule has 158 valence electrons. The van der Waals surface area contributed by atoms with Crippen LogP contribution in [-0.2, 0) is 14.4 Å². The molecule has 0 bridgehead atoms. The number of para-hydroxylation sites is 2. The van der Waals surface area contributed by atoms with Crippen LogP contribution in [0.15, 0.2) is 24.3 Å². The summed E-state index contributed by atoms with van der Waals surface area (Å²) in [4.78, 5) is 39.2. The Morgan fingerprint density at radius 3 is 2.52 bits per heavy atom. The second kappa shape index (κ2) is 9.60. The zero-order valence-corrected chi connectivity index (χ0v) is 16.9. The van der Waals surface area contributed by atoms with Crippen LogP contribution < -0.4 is 25.0 Å². The number of piperazine rings is 1. The lowest BCUT2D eigenvalue weighted by Gasteiger charge is -2.35. The molecule has 3 amide bonds. The molecule has 2 aliphatic heterocycles. The first kappa shape index (κ1) is 20.9. The van der Waals surface area contributed by atoms with E-state index in [1.54, 1.807) is 11.0 Å². The average molecular weight is 405 g/mol. The fourth-order valence-corrected chi connectivity index (χ4v) is 3.41. The van der Waals surface area contributed by atoms with E-state index in [-0.39, 0.29) is 43.5 Å². The Morgan fingerprint density at radius 1 is 1.14 bits per heavy atom. The minimum absolute atomic E-state index is 0.0185. The van der Waals surface area contributed by atoms with Gasteiger partial charge in [0.25, 0.3) is 11.8 Å². The number of hydrogen-bond acceptors (Lipinski definition) is 5. The van der Waals surface area contributed by atoms with Crippen molar-refractivity contribution in [2.24, 2.45) is 0 Å². The third-order valence-corrected chi connectivity index (χ3v) is 4.87. The van der Waals surface area contributed by atoms with Gasteiger partial charge in [-0.25, -0.2) is 0 Å². The summed E-state index contributed by atoms with van der Waals surface area (Å²) in [6.07, 6.45) is -0.644. The smallest absolute Gasteiger partial charge is 0.275 e. The molecule has 3 rings (SSSR count). The van der Waals surface area contributed by atoms with Crippen LogP contribution in [0.1, 0.15) is 13.8 Å². The normalized spacial score (nSPS) is 19.0. The molecule has 1 fully saturated rings. The number of nitrogens with zero attached hydrogens (tertiary/aromatic N) is 1. The van der Waals surface area contributed by atoms with Crippen molar-refractivity contribution >= 4 is 17.7 Å². The van der Waals surface area contributed by atoms with Gasteiger partial charge in [-0.2, -0.15) is 0 Å². The van der Waals surface area contributed by atoms with Gasteiger partial charge in [-0.15, -0.1) is 0 Å². The van der Waals surface area contributed by atoms with Crippen molar-refractivity contribution in [1.82, 2.24) is 15.5 Å². The number of carbonyl (C=O) groups is 3. The molecule has 1 saturated heterocycles. The number of benzene rings is 1. The molecule has 1 aromatic rings. The minimum Gasteiger partial charge on any atom is -0.485 e. The first-order valence-corrected chi connectivity index (χ1v) is 9.99. The van der Waals surface area contributed by atoms with Crippen LogP contribution in [0, 0.1) is 0 Å². The Morgan fingerprint density at radius 2 is 1.83 bits per heavy atom. The first-order chi connectivity index (χ1) is 13.9. The van der Waals surface area contributed by atoms with Gasteiger partial charge in [0.05, 0.1) is 32.7 Å². The van der Waals surface area contributed by atoms with Gasteiger partial charge >= 0.3 is 0 Å². The second-order valence-corrected chi connectivity index (χ2v) is 7.62. The molecule has 0 spiro atoms. The maximum atomic E-state index is 12.7. The monoisotopic (exact) mass is 405 g/mol. The highest BCUT2D eigenvalue weighted by molar-refractivity contribution is 5.85. The summed E-state index contributed by atoms with van der Waals surface area (Å²) in [7, 11) is 0. The van der Waals surface area contributed by atoms with E-state index >= 15 is 0 Å². The van der Waals surface area contributed by atoms with E-state index in [0.717, 1.165) is 4.90 Å². The lowest BCUT2D eigenvalue weighted by molar-refractivity contribution is -0.896. The number of hydrogen-bond donors (Lipinski definition) is 3. The Hall–Kier alpha value is -2.81. The number of ether oxygens (including phenoxy) is 2. The van der Waals surface area contributed by atoms with Crippen LogP contribution >= 0.6 is 0 Å². The third-order valence-electron chi connectivity index (χ3n) is 4.87. The van der Waals surface area contributed by atoms with Crippen LogP contribution in [0.3, 0.4) is 0 Å². The Balaban J connectivity index is 1.39. The summed E-state index contributed by atoms with van der Waals surface area (Å²) >= 11 is 0.